The highest BCUT2D eigenvalue weighted by Gasteiger charge is 2.24. The fraction of sp³-hybridized carbons (Fsp3) is 0.571. The van der Waals surface area contributed by atoms with Gasteiger partial charge in [0.25, 0.3) is 5.69 Å². The van der Waals surface area contributed by atoms with Crippen LogP contribution in [-0.4, -0.2) is 32.2 Å². The van der Waals surface area contributed by atoms with Crippen molar-refractivity contribution >= 4 is 11.4 Å². The second kappa shape index (κ2) is 6.45. The monoisotopic (exact) mass is 280 g/mol. The van der Waals surface area contributed by atoms with Crippen molar-refractivity contribution in [2.75, 3.05) is 32.2 Å². The molecule has 6 nitrogen and oxygen atoms in total. The molecule has 0 amide bonds. The molecule has 0 atom stereocenters. The Morgan fingerprint density at radius 1 is 1.05 bits per heavy atom. The van der Waals surface area contributed by atoms with Crippen LogP contribution >= 0.6 is 0 Å². The molecule has 1 aromatic carbocycles. The highest BCUT2D eigenvalue weighted by molar-refractivity contribution is 5.69. The molecule has 1 aliphatic heterocycles. The Morgan fingerprint density at radius 2 is 1.60 bits per heavy atom. The molecular formula is C14H20N2O4. The molecular weight excluding hydrogens is 260 g/mol. The van der Waals surface area contributed by atoms with Gasteiger partial charge in [-0.15, -0.1) is 0 Å². The van der Waals surface area contributed by atoms with Gasteiger partial charge in [0.15, 0.2) is 11.5 Å². The third-order valence-corrected chi connectivity index (χ3v) is 3.62. The van der Waals surface area contributed by atoms with E-state index in [-0.39, 0.29) is 10.6 Å². The van der Waals surface area contributed by atoms with Crippen molar-refractivity contribution in [2.24, 2.45) is 0 Å². The lowest BCUT2D eigenvalue weighted by atomic mass is 10.2. The minimum atomic E-state index is -0.359. The first-order valence-corrected chi connectivity index (χ1v) is 6.82. The number of nitro benzene ring substituents is 1. The number of anilines is 1. The predicted molar refractivity (Wildman–Crippen MR) is 76.9 cm³/mol. The number of nitro groups is 1. The summed E-state index contributed by atoms with van der Waals surface area (Å²) in [6.45, 7) is 1.69. The van der Waals surface area contributed by atoms with E-state index in [0.29, 0.717) is 17.2 Å². The molecule has 0 radical (unpaired) electrons. The van der Waals surface area contributed by atoms with Crippen LogP contribution in [0.4, 0.5) is 11.4 Å². The van der Waals surface area contributed by atoms with Crippen LogP contribution in [0.5, 0.6) is 11.5 Å². The van der Waals surface area contributed by atoms with Crippen molar-refractivity contribution in [2.45, 2.75) is 25.7 Å². The zero-order valence-electron chi connectivity index (χ0n) is 11.9. The molecule has 20 heavy (non-hydrogen) atoms. The molecule has 2 rings (SSSR count). The zero-order valence-corrected chi connectivity index (χ0v) is 11.9. The molecule has 0 aromatic heterocycles. The van der Waals surface area contributed by atoms with Gasteiger partial charge in [-0.25, -0.2) is 0 Å². The number of rotatable bonds is 4. The molecule has 0 spiro atoms. The van der Waals surface area contributed by atoms with Crippen LogP contribution in [0.15, 0.2) is 12.1 Å². The minimum absolute atomic E-state index is 0.0737. The Morgan fingerprint density at radius 3 is 2.10 bits per heavy atom. The normalized spacial score (nSPS) is 15.6. The topological polar surface area (TPSA) is 64.8 Å². The molecule has 0 saturated carbocycles. The van der Waals surface area contributed by atoms with E-state index in [4.69, 9.17) is 9.47 Å². The van der Waals surface area contributed by atoms with E-state index in [0.717, 1.165) is 25.9 Å². The first-order chi connectivity index (χ1) is 9.67. The van der Waals surface area contributed by atoms with E-state index in [1.807, 2.05) is 0 Å². The van der Waals surface area contributed by atoms with Crippen molar-refractivity contribution in [3.8, 4) is 11.5 Å². The maximum atomic E-state index is 11.3. The fourth-order valence-electron chi connectivity index (χ4n) is 2.57. The minimum Gasteiger partial charge on any atom is -0.493 e. The second-order valence-electron chi connectivity index (χ2n) is 4.85. The van der Waals surface area contributed by atoms with Gasteiger partial charge < -0.3 is 14.4 Å². The summed E-state index contributed by atoms with van der Waals surface area (Å²) < 4.78 is 10.4. The molecule has 0 N–H and O–H groups in total. The summed E-state index contributed by atoms with van der Waals surface area (Å²) in [5, 5.41) is 11.3. The van der Waals surface area contributed by atoms with Gasteiger partial charge in [0.05, 0.1) is 25.2 Å². The molecule has 110 valence electrons. The summed E-state index contributed by atoms with van der Waals surface area (Å²) in [7, 11) is 3.02. The van der Waals surface area contributed by atoms with Crippen LogP contribution in [0.3, 0.4) is 0 Å². The summed E-state index contributed by atoms with van der Waals surface area (Å²) in [5.74, 6) is 0.912. The summed E-state index contributed by atoms with van der Waals surface area (Å²) in [5.41, 5.74) is 0.694. The van der Waals surface area contributed by atoms with Crippen LogP contribution in [0.25, 0.3) is 0 Å². The van der Waals surface area contributed by atoms with E-state index in [9.17, 15) is 10.1 Å². The van der Waals surface area contributed by atoms with Gasteiger partial charge in [-0.05, 0) is 12.8 Å². The highest BCUT2D eigenvalue weighted by Crippen LogP contribution is 2.40. The molecule has 0 aliphatic carbocycles. The van der Waals surface area contributed by atoms with Crippen LogP contribution < -0.4 is 14.4 Å². The molecule has 0 unspecified atom stereocenters. The molecule has 0 bridgehead atoms. The van der Waals surface area contributed by atoms with E-state index < -0.39 is 0 Å². The van der Waals surface area contributed by atoms with Gasteiger partial charge in [-0.3, -0.25) is 10.1 Å². The van der Waals surface area contributed by atoms with E-state index in [2.05, 4.69) is 4.90 Å². The third-order valence-electron chi connectivity index (χ3n) is 3.62. The average Bonchev–Trinajstić information content (AvgIpc) is 2.74. The molecule has 1 heterocycles. The van der Waals surface area contributed by atoms with E-state index in [1.54, 1.807) is 6.07 Å². The molecule has 1 saturated heterocycles. The number of benzene rings is 1. The Kier molecular flexibility index (Phi) is 4.65. The first-order valence-electron chi connectivity index (χ1n) is 6.82. The lowest BCUT2D eigenvalue weighted by Crippen LogP contribution is -2.24. The number of ether oxygens (including phenoxy) is 2. The summed E-state index contributed by atoms with van der Waals surface area (Å²) in [4.78, 5) is 13.0. The lowest BCUT2D eigenvalue weighted by Gasteiger charge is -2.23. The van der Waals surface area contributed by atoms with Crippen molar-refractivity contribution in [1.29, 1.82) is 0 Å². The van der Waals surface area contributed by atoms with Crippen LogP contribution in [0.2, 0.25) is 0 Å². The van der Waals surface area contributed by atoms with Crippen LogP contribution in [0.1, 0.15) is 25.7 Å². The van der Waals surface area contributed by atoms with E-state index >= 15 is 0 Å². The SMILES string of the molecule is COc1cc(N2CCCCCC2)c([N+](=O)[O-])cc1OC. The Hall–Kier alpha value is -1.98. The number of hydrogen-bond acceptors (Lipinski definition) is 5. The largest absolute Gasteiger partial charge is 0.493 e. The maximum absolute atomic E-state index is 11.3. The zero-order chi connectivity index (χ0) is 14.5. The molecule has 1 aliphatic rings. The summed E-state index contributed by atoms with van der Waals surface area (Å²) in [6, 6.07) is 3.15. The van der Waals surface area contributed by atoms with Crippen molar-refractivity contribution in [1.82, 2.24) is 0 Å². The average molecular weight is 280 g/mol. The Labute approximate surface area is 118 Å². The van der Waals surface area contributed by atoms with Gasteiger partial charge in [0, 0.05) is 19.2 Å². The predicted octanol–water partition coefficient (Wildman–Crippen LogP) is 2.99. The van der Waals surface area contributed by atoms with Gasteiger partial charge in [-0.1, -0.05) is 12.8 Å². The van der Waals surface area contributed by atoms with Gasteiger partial charge in [0.1, 0.15) is 5.69 Å². The Bertz CT molecular complexity index is 482. The molecule has 6 heteroatoms. The van der Waals surface area contributed by atoms with Gasteiger partial charge in [-0.2, -0.15) is 0 Å². The maximum Gasteiger partial charge on any atom is 0.296 e. The summed E-state index contributed by atoms with van der Waals surface area (Å²) >= 11 is 0. The molecule has 1 aromatic rings. The number of methoxy groups -OCH3 is 2. The molecule has 1 fully saturated rings. The lowest BCUT2D eigenvalue weighted by molar-refractivity contribution is -0.384. The Balaban J connectivity index is 2.45. The van der Waals surface area contributed by atoms with E-state index in [1.165, 1.54) is 33.1 Å². The third kappa shape index (κ3) is 2.95. The standard InChI is InChI=1S/C14H20N2O4/c1-19-13-9-11(15-7-5-3-4-6-8-15)12(16(17)18)10-14(13)20-2/h9-10H,3-8H2,1-2H3. The number of hydrogen-bond donors (Lipinski definition) is 0. The quantitative estimate of drug-likeness (QED) is 0.626. The van der Waals surface area contributed by atoms with Crippen LogP contribution in [0, 0.1) is 10.1 Å². The smallest absolute Gasteiger partial charge is 0.296 e. The first kappa shape index (κ1) is 14.4. The number of nitrogens with zero attached hydrogens (tertiary/aromatic N) is 2. The second-order valence-corrected chi connectivity index (χ2v) is 4.85. The van der Waals surface area contributed by atoms with Gasteiger partial charge in [0.2, 0.25) is 0 Å². The van der Waals surface area contributed by atoms with Crippen molar-refractivity contribution in [3.63, 3.8) is 0 Å². The summed E-state index contributed by atoms with van der Waals surface area (Å²) in [6.07, 6.45) is 4.48. The van der Waals surface area contributed by atoms with Gasteiger partial charge >= 0.3 is 0 Å². The van der Waals surface area contributed by atoms with Crippen LogP contribution in [-0.2, 0) is 0 Å². The fourth-order valence-corrected chi connectivity index (χ4v) is 2.57. The van der Waals surface area contributed by atoms with Crippen molar-refractivity contribution in [3.05, 3.63) is 22.2 Å². The highest BCUT2D eigenvalue weighted by atomic mass is 16.6. The van der Waals surface area contributed by atoms with Crippen molar-refractivity contribution < 1.29 is 14.4 Å².